The molecule has 0 atom stereocenters. The molecule has 0 saturated heterocycles. The van der Waals surface area contributed by atoms with E-state index in [0.29, 0.717) is 145 Å². The smallest absolute Gasteiger partial charge is 0.253 e. The highest BCUT2D eigenvalue weighted by molar-refractivity contribution is 6.12. The van der Waals surface area contributed by atoms with Crippen LogP contribution in [0.1, 0.15) is 19.8 Å². The fourth-order valence-electron chi connectivity index (χ4n) is 3.57. The minimum atomic E-state index is -0.306. The van der Waals surface area contributed by atoms with Crippen molar-refractivity contribution in [2.45, 2.75) is 19.8 Å². The lowest BCUT2D eigenvalue weighted by molar-refractivity contribution is -0.137. The third-order valence-corrected chi connectivity index (χ3v) is 6.09. The van der Waals surface area contributed by atoms with Gasteiger partial charge < -0.3 is 56.8 Å². The van der Waals surface area contributed by atoms with Crippen LogP contribution in [0.2, 0.25) is 0 Å². The number of hydrogen-bond acceptors (Lipinski definition) is 14. The number of hydrogen-bond donors (Lipinski definition) is 0. The van der Waals surface area contributed by atoms with E-state index in [1.54, 1.807) is 0 Å². The third kappa shape index (κ3) is 30.2. The summed E-state index contributed by atoms with van der Waals surface area (Å²) in [5, 5.41) is 0. The largest absolute Gasteiger partial charge is 0.379 e. The van der Waals surface area contributed by atoms with Crippen LogP contribution in [0.4, 0.5) is 0 Å². The molecular weight excluding hydrogens is 622 g/mol. The second kappa shape index (κ2) is 35.7. The SMILES string of the molecule is CCCCOCCOCCOCCOCCOCCOCCOCCOCCOCCOCCOCCOCCN1C(=O)C=CC1=O. The molecule has 0 unspecified atom stereocenters. The van der Waals surface area contributed by atoms with Crippen molar-refractivity contribution in [3.05, 3.63) is 12.2 Å². The van der Waals surface area contributed by atoms with Gasteiger partial charge in [-0.1, -0.05) is 13.3 Å². The number of rotatable bonds is 39. The van der Waals surface area contributed by atoms with E-state index in [1.807, 2.05) is 0 Å². The van der Waals surface area contributed by atoms with E-state index in [2.05, 4.69) is 6.92 Å². The van der Waals surface area contributed by atoms with Crippen LogP contribution in [0, 0.1) is 0 Å². The van der Waals surface area contributed by atoms with Gasteiger partial charge in [0.15, 0.2) is 0 Å². The summed E-state index contributed by atoms with van der Waals surface area (Å²) in [6.07, 6.45) is 4.74. The third-order valence-electron chi connectivity index (χ3n) is 6.09. The quantitative estimate of drug-likeness (QED) is 0.0669. The molecule has 15 nitrogen and oxygen atoms in total. The van der Waals surface area contributed by atoms with Crippen LogP contribution < -0.4 is 0 Å². The lowest BCUT2D eigenvalue weighted by Gasteiger charge is -2.13. The highest BCUT2D eigenvalue weighted by Crippen LogP contribution is 2.02. The van der Waals surface area contributed by atoms with Gasteiger partial charge in [0, 0.05) is 18.8 Å². The zero-order chi connectivity index (χ0) is 33.7. The van der Waals surface area contributed by atoms with Crippen molar-refractivity contribution in [3.63, 3.8) is 0 Å². The van der Waals surface area contributed by atoms with E-state index < -0.39 is 0 Å². The number of carbonyl (C=O) groups excluding carboxylic acids is 2. The predicted molar refractivity (Wildman–Crippen MR) is 171 cm³/mol. The summed E-state index contributed by atoms with van der Waals surface area (Å²) in [6.45, 7) is 14.5. The van der Waals surface area contributed by atoms with Crippen LogP contribution in [-0.4, -0.2) is 182 Å². The molecule has 0 aromatic carbocycles. The maximum Gasteiger partial charge on any atom is 0.253 e. The monoisotopic (exact) mass is 681 g/mol. The molecule has 1 rings (SSSR count). The molecule has 0 aromatic heterocycles. The molecule has 0 spiro atoms. The highest BCUT2D eigenvalue weighted by Gasteiger charge is 2.22. The van der Waals surface area contributed by atoms with Crippen molar-refractivity contribution in [2.24, 2.45) is 0 Å². The van der Waals surface area contributed by atoms with Crippen molar-refractivity contribution in [2.75, 3.05) is 165 Å². The van der Waals surface area contributed by atoms with Crippen molar-refractivity contribution < 1.29 is 66.4 Å². The first-order chi connectivity index (χ1) is 23.3. The first-order valence-electron chi connectivity index (χ1n) is 16.7. The molecule has 0 fully saturated rings. The van der Waals surface area contributed by atoms with Crippen LogP contribution in [0.15, 0.2) is 12.2 Å². The van der Waals surface area contributed by atoms with Crippen molar-refractivity contribution >= 4 is 11.8 Å². The Bertz CT molecular complexity index is 712. The van der Waals surface area contributed by atoms with Crippen LogP contribution in [-0.2, 0) is 66.4 Å². The molecule has 15 heteroatoms. The van der Waals surface area contributed by atoms with Crippen LogP contribution in [0.3, 0.4) is 0 Å². The predicted octanol–water partition coefficient (Wildman–Crippen LogP) is 0.911. The molecule has 0 saturated carbocycles. The number of unbranched alkanes of at least 4 members (excludes halogenated alkanes) is 1. The maximum atomic E-state index is 11.4. The van der Waals surface area contributed by atoms with Crippen molar-refractivity contribution in [3.8, 4) is 0 Å². The lowest BCUT2D eigenvalue weighted by atomic mass is 10.4. The van der Waals surface area contributed by atoms with Gasteiger partial charge in [-0.3, -0.25) is 14.5 Å². The highest BCUT2D eigenvalue weighted by atomic mass is 16.6. The van der Waals surface area contributed by atoms with Gasteiger partial charge in [-0.15, -0.1) is 0 Å². The van der Waals surface area contributed by atoms with Crippen molar-refractivity contribution in [1.82, 2.24) is 4.90 Å². The van der Waals surface area contributed by atoms with E-state index in [0.717, 1.165) is 24.3 Å². The average molecular weight is 682 g/mol. The normalized spacial score (nSPS) is 13.1. The standard InChI is InChI=1S/C32H59NO14/c1-2-3-7-36-9-11-38-13-15-40-17-19-42-21-23-44-25-27-46-29-30-47-28-26-45-24-22-43-20-18-41-16-14-39-12-10-37-8-6-33-31(34)4-5-32(33)35/h4-5H,2-3,6-30H2,1H3. The molecule has 1 heterocycles. The average Bonchev–Trinajstić information content (AvgIpc) is 3.40. The van der Waals surface area contributed by atoms with Crippen LogP contribution >= 0.6 is 0 Å². The topological polar surface area (TPSA) is 148 Å². The molecule has 0 aromatic rings. The zero-order valence-electron chi connectivity index (χ0n) is 28.4. The molecule has 2 amide bonds. The number of carbonyl (C=O) groups is 2. The number of imide groups is 1. The van der Waals surface area contributed by atoms with Gasteiger partial charge in [-0.25, -0.2) is 0 Å². The Morgan fingerprint density at radius 1 is 0.362 bits per heavy atom. The first-order valence-corrected chi connectivity index (χ1v) is 16.7. The Hall–Kier alpha value is -1.60. The summed E-state index contributed by atoms with van der Waals surface area (Å²) in [7, 11) is 0. The molecule has 1 aliphatic heterocycles. The summed E-state index contributed by atoms with van der Waals surface area (Å²) in [5.74, 6) is -0.612. The Balaban J connectivity index is 1.62. The maximum absolute atomic E-state index is 11.4. The van der Waals surface area contributed by atoms with Crippen LogP contribution in [0.25, 0.3) is 0 Å². The lowest BCUT2D eigenvalue weighted by Crippen LogP contribution is -2.33. The molecular formula is C32H59NO14. The van der Waals surface area contributed by atoms with Gasteiger partial charge in [0.1, 0.15) is 0 Å². The minimum Gasteiger partial charge on any atom is -0.379 e. The second-order valence-corrected chi connectivity index (χ2v) is 9.86. The van der Waals surface area contributed by atoms with Gasteiger partial charge in [0.25, 0.3) is 11.8 Å². The Kier molecular flexibility index (Phi) is 33.0. The van der Waals surface area contributed by atoms with E-state index in [1.165, 1.54) is 12.2 Å². The van der Waals surface area contributed by atoms with Gasteiger partial charge in [-0.05, 0) is 6.42 Å². The van der Waals surface area contributed by atoms with Crippen molar-refractivity contribution in [1.29, 1.82) is 0 Å². The Morgan fingerprint density at radius 2 is 0.574 bits per heavy atom. The van der Waals surface area contributed by atoms with E-state index >= 15 is 0 Å². The molecule has 0 radical (unpaired) electrons. The molecule has 1 aliphatic rings. The fraction of sp³-hybridized carbons (Fsp3) is 0.875. The molecule has 0 bridgehead atoms. The van der Waals surface area contributed by atoms with Gasteiger partial charge >= 0.3 is 0 Å². The molecule has 0 N–H and O–H groups in total. The van der Waals surface area contributed by atoms with Crippen LogP contribution in [0.5, 0.6) is 0 Å². The summed E-state index contributed by atoms with van der Waals surface area (Å²) >= 11 is 0. The fourth-order valence-corrected chi connectivity index (χ4v) is 3.57. The minimum absolute atomic E-state index is 0.240. The first kappa shape index (κ1) is 43.4. The second-order valence-electron chi connectivity index (χ2n) is 9.86. The summed E-state index contributed by atoms with van der Waals surface area (Å²) in [4.78, 5) is 23.9. The summed E-state index contributed by atoms with van der Waals surface area (Å²) < 4.78 is 65.3. The number of amides is 2. The number of nitrogens with zero attached hydrogens (tertiary/aromatic N) is 1. The Labute approximate surface area is 280 Å². The Morgan fingerprint density at radius 3 is 0.809 bits per heavy atom. The van der Waals surface area contributed by atoms with Gasteiger partial charge in [0.05, 0.1) is 159 Å². The summed E-state index contributed by atoms with van der Waals surface area (Å²) in [6, 6.07) is 0. The summed E-state index contributed by atoms with van der Waals surface area (Å²) in [5.41, 5.74) is 0. The van der Waals surface area contributed by atoms with E-state index in [9.17, 15) is 9.59 Å². The number of ether oxygens (including phenoxy) is 12. The van der Waals surface area contributed by atoms with E-state index in [4.69, 9.17) is 56.8 Å². The zero-order valence-corrected chi connectivity index (χ0v) is 28.4. The van der Waals surface area contributed by atoms with Gasteiger partial charge in [0.2, 0.25) is 0 Å². The molecule has 0 aliphatic carbocycles. The van der Waals surface area contributed by atoms with E-state index in [-0.39, 0.29) is 25.0 Å². The van der Waals surface area contributed by atoms with Gasteiger partial charge in [-0.2, -0.15) is 0 Å². The molecule has 47 heavy (non-hydrogen) atoms. The molecule has 276 valence electrons.